The number of benzene rings is 3. The molecule has 0 aliphatic carbocycles. The molecule has 37 heavy (non-hydrogen) atoms. The lowest BCUT2D eigenvalue weighted by molar-refractivity contribution is -0.142. The Bertz CT molecular complexity index is 1220. The van der Waals surface area contributed by atoms with Crippen LogP contribution in [0, 0.1) is 0 Å². The number of fused-ring (bicyclic) bond motifs is 1. The molecule has 0 aliphatic rings. The van der Waals surface area contributed by atoms with E-state index in [1.807, 2.05) is 24.3 Å². The molecule has 0 fully saturated rings. The molecule has 2 N–H and O–H groups in total. The number of hydrogen-bond donors (Lipinski definition) is 2. The summed E-state index contributed by atoms with van der Waals surface area (Å²) in [7, 11) is 0. The van der Waals surface area contributed by atoms with Gasteiger partial charge in [-0.3, -0.25) is 0 Å². The van der Waals surface area contributed by atoms with Crippen molar-refractivity contribution in [3.05, 3.63) is 86.0 Å². The van der Waals surface area contributed by atoms with Crippen LogP contribution in [-0.2, 0) is 19.1 Å². The summed E-state index contributed by atoms with van der Waals surface area (Å²) in [6.07, 6.45) is -0.165. The van der Waals surface area contributed by atoms with Crippen LogP contribution in [0.15, 0.2) is 86.0 Å². The van der Waals surface area contributed by atoms with Crippen molar-refractivity contribution in [3.63, 3.8) is 0 Å². The van der Waals surface area contributed by atoms with Gasteiger partial charge in [0.1, 0.15) is 50.1 Å². The number of carbonyl (C=O) groups is 2. The molecule has 3 aromatic rings. The minimum absolute atomic E-state index is 0.160. The standard InChI is InChI=1S/C28H28O9/c1-3-26(31)34-16-19(29)15-33-24-14-25(37-21-10-6-5-7-11-21)28(23-13-9-8-12-22(23)24)36-18-20(30)17-35-27(32)4-2/h3-14,19-20,29-30H,1-2,15-18H2. The third-order valence-electron chi connectivity index (χ3n) is 4.91. The van der Waals surface area contributed by atoms with Crippen LogP contribution in [0.25, 0.3) is 10.8 Å². The predicted molar refractivity (Wildman–Crippen MR) is 136 cm³/mol. The average molecular weight is 509 g/mol. The first-order valence-corrected chi connectivity index (χ1v) is 11.4. The molecular weight excluding hydrogens is 480 g/mol. The van der Waals surface area contributed by atoms with Crippen molar-refractivity contribution in [2.45, 2.75) is 12.2 Å². The van der Waals surface area contributed by atoms with Crippen LogP contribution < -0.4 is 14.2 Å². The van der Waals surface area contributed by atoms with E-state index in [1.54, 1.807) is 36.4 Å². The third-order valence-corrected chi connectivity index (χ3v) is 4.91. The fourth-order valence-electron chi connectivity index (χ4n) is 3.19. The van der Waals surface area contributed by atoms with Crippen molar-refractivity contribution in [2.24, 2.45) is 0 Å². The Hall–Kier alpha value is -4.34. The van der Waals surface area contributed by atoms with Gasteiger partial charge in [-0.25, -0.2) is 9.59 Å². The summed E-state index contributed by atoms with van der Waals surface area (Å²) < 4.78 is 27.6. The van der Waals surface area contributed by atoms with E-state index in [2.05, 4.69) is 13.2 Å². The van der Waals surface area contributed by atoms with Gasteiger partial charge in [0.25, 0.3) is 0 Å². The monoisotopic (exact) mass is 508 g/mol. The lowest BCUT2D eigenvalue weighted by atomic mass is 10.1. The molecule has 194 valence electrons. The molecule has 3 aromatic carbocycles. The van der Waals surface area contributed by atoms with Crippen molar-refractivity contribution in [2.75, 3.05) is 26.4 Å². The molecule has 0 aromatic heterocycles. The van der Waals surface area contributed by atoms with Gasteiger partial charge < -0.3 is 33.9 Å². The van der Waals surface area contributed by atoms with Crippen LogP contribution in [0.2, 0.25) is 0 Å². The second-order valence-corrected chi connectivity index (χ2v) is 7.76. The number of aliphatic hydroxyl groups excluding tert-OH is 2. The molecule has 3 rings (SSSR count). The minimum Gasteiger partial charge on any atom is -0.490 e. The molecule has 0 saturated heterocycles. The maximum absolute atomic E-state index is 11.3. The number of hydrogen-bond acceptors (Lipinski definition) is 9. The fourth-order valence-corrected chi connectivity index (χ4v) is 3.19. The molecule has 0 saturated carbocycles. The molecule has 9 heteroatoms. The van der Waals surface area contributed by atoms with Crippen molar-refractivity contribution in [1.82, 2.24) is 0 Å². The molecule has 2 atom stereocenters. The zero-order chi connectivity index (χ0) is 26.6. The maximum Gasteiger partial charge on any atom is 0.330 e. The first kappa shape index (κ1) is 27.3. The molecular formula is C28H28O9. The van der Waals surface area contributed by atoms with E-state index < -0.39 is 24.1 Å². The summed E-state index contributed by atoms with van der Waals surface area (Å²) in [5.74, 6) is 0.254. The molecule has 0 radical (unpaired) electrons. The summed E-state index contributed by atoms with van der Waals surface area (Å²) in [6, 6.07) is 17.8. The zero-order valence-corrected chi connectivity index (χ0v) is 20.1. The van der Waals surface area contributed by atoms with Gasteiger partial charge in [-0.05, 0) is 12.1 Å². The number of ether oxygens (including phenoxy) is 5. The lowest BCUT2D eigenvalue weighted by Gasteiger charge is -2.20. The first-order valence-electron chi connectivity index (χ1n) is 11.4. The van der Waals surface area contributed by atoms with Gasteiger partial charge in [0.05, 0.1) is 0 Å². The Morgan fingerprint density at radius 2 is 1.27 bits per heavy atom. The van der Waals surface area contributed by atoms with Gasteiger partial charge >= 0.3 is 11.9 Å². The van der Waals surface area contributed by atoms with E-state index in [-0.39, 0.29) is 26.4 Å². The smallest absolute Gasteiger partial charge is 0.330 e. The Morgan fingerprint density at radius 3 is 1.86 bits per heavy atom. The van der Waals surface area contributed by atoms with Crippen LogP contribution in [0.1, 0.15) is 0 Å². The van der Waals surface area contributed by atoms with Crippen LogP contribution >= 0.6 is 0 Å². The van der Waals surface area contributed by atoms with E-state index in [0.29, 0.717) is 33.8 Å². The zero-order valence-electron chi connectivity index (χ0n) is 20.1. The molecule has 0 heterocycles. The highest BCUT2D eigenvalue weighted by Gasteiger charge is 2.19. The van der Waals surface area contributed by atoms with Gasteiger partial charge in [0.2, 0.25) is 0 Å². The maximum atomic E-state index is 11.3. The van der Waals surface area contributed by atoms with Crippen molar-refractivity contribution < 1.29 is 43.5 Å². The number of aliphatic hydroxyl groups is 2. The second kappa shape index (κ2) is 13.7. The Morgan fingerprint density at radius 1 is 0.730 bits per heavy atom. The number of carbonyl (C=O) groups excluding carboxylic acids is 2. The number of rotatable bonds is 14. The van der Waals surface area contributed by atoms with Gasteiger partial charge in [-0.15, -0.1) is 0 Å². The van der Waals surface area contributed by atoms with E-state index in [0.717, 1.165) is 12.2 Å². The molecule has 9 nitrogen and oxygen atoms in total. The minimum atomic E-state index is -1.10. The SMILES string of the molecule is C=CC(=O)OCC(O)COc1cc(Oc2ccccc2)c(OCC(O)COC(=O)C=C)c2ccccc12. The van der Waals surface area contributed by atoms with Gasteiger partial charge in [0, 0.05) is 29.0 Å². The van der Waals surface area contributed by atoms with Gasteiger partial charge in [-0.2, -0.15) is 0 Å². The van der Waals surface area contributed by atoms with Crippen LogP contribution in [0.4, 0.5) is 0 Å². The van der Waals surface area contributed by atoms with Crippen molar-refractivity contribution in [1.29, 1.82) is 0 Å². The first-order chi connectivity index (χ1) is 17.9. The fraction of sp³-hybridized carbons (Fsp3) is 0.214. The van der Waals surface area contributed by atoms with E-state index in [4.69, 9.17) is 23.7 Å². The summed E-state index contributed by atoms with van der Waals surface area (Å²) in [5, 5.41) is 21.7. The highest BCUT2D eigenvalue weighted by Crippen LogP contribution is 2.43. The van der Waals surface area contributed by atoms with Crippen LogP contribution in [0.3, 0.4) is 0 Å². The predicted octanol–water partition coefficient (Wildman–Crippen LogP) is 3.57. The molecule has 2 unspecified atom stereocenters. The van der Waals surface area contributed by atoms with Crippen molar-refractivity contribution >= 4 is 22.7 Å². The van der Waals surface area contributed by atoms with Gasteiger partial charge in [0.15, 0.2) is 11.5 Å². The third kappa shape index (κ3) is 8.09. The average Bonchev–Trinajstić information content (AvgIpc) is 2.93. The van der Waals surface area contributed by atoms with E-state index >= 15 is 0 Å². The molecule has 0 bridgehead atoms. The van der Waals surface area contributed by atoms with E-state index in [1.165, 1.54) is 0 Å². The Balaban J connectivity index is 1.88. The summed E-state index contributed by atoms with van der Waals surface area (Å²) in [5.41, 5.74) is 0. The largest absolute Gasteiger partial charge is 0.490 e. The summed E-state index contributed by atoms with van der Waals surface area (Å²) in [6.45, 7) is 5.75. The Kier molecular flexibility index (Phi) is 10.1. The lowest BCUT2D eigenvalue weighted by Crippen LogP contribution is -2.25. The molecule has 0 amide bonds. The summed E-state index contributed by atoms with van der Waals surface area (Å²) >= 11 is 0. The van der Waals surface area contributed by atoms with Crippen LogP contribution in [-0.4, -0.2) is 60.8 Å². The number of para-hydroxylation sites is 1. The normalized spacial score (nSPS) is 12.2. The highest BCUT2D eigenvalue weighted by atomic mass is 16.6. The Labute approximate surface area is 214 Å². The summed E-state index contributed by atoms with van der Waals surface area (Å²) in [4.78, 5) is 22.5. The molecule has 0 aliphatic heterocycles. The topological polar surface area (TPSA) is 121 Å². The highest BCUT2D eigenvalue weighted by molar-refractivity contribution is 5.95. The van der Waals surface area contributed by atoms with E-state index in [9.17, 15) is 19.8 Å². The second-order valence-electron chi connectivity index (χ2n) is 7.76. The number of esters is 2. The molecule has 0 spiro atoms. The van der Waals surface area contributed by atoms with Crippen LogP contribution in [0.5, 0.6) is 23.0 Å². The van der Waals surface area contributed by atoms with Crippen molar-refractivity contribution in [3.8, 4) is 23.0 Å². The van der Waals surface area contributed by atoms with Gasteiger partial charge in [-0.1, -0.05) is 55.6 Å². The quantitative estimate of drug-likeness (QED) is 0.249.